The van der Waals surface area contributed by atoms with Gasteiger partial charge < -0.3 is 14.2 Å². The summed E-state index contributed by atoms with van der Waals surface area (Å²) < 4.78 is 16.8. The Morgan fingerprint density at radius 3 is 1.01 bits per heavy atom. The molecule has 0 aromatic heterocycles. The molecule has 0 amide bonds. The Morgan fingerprint density at radius 1 is 0.304 bits per heavy atom. The predicted molar refractivity (Wildman–Crippen MR) is 297 cm³/mol. The Morgan fingerprint density at radius 2 is 0.594 bits per heavy atom. The fraction of sp³-hybridized carbons (Fsp3) is 0.698. The molecule has 6 nitrogen and oxygen atoms in total. The van der Waals surface area contributed by atoms with Gasteiger partial charge in [-0.2, -0.15) is 0 Å². The molecule has 69 heavy (non-hydrogen) atoms. The molecule has 0 radical (unpaired) electrons. The summed E-state index contributed by atoms with van der Waals surface area (Å²) in [5.74, 6) is -0.981. The Balaban J connectivity index is 4.52. The van der Waals surface area contributed by atoms with Crippen LogP contribution in [0, 0.1) is 0 Å². The standard InChI is InChI=1S/C63H106O6/c1-4-7-10-13-16-19-22-25-28-31-33-35-38-41-44-47-50-53-56-62(65)68-59-60(58-67-61(64)55-52-49-46-43-40-37-34-30-27-24-21-18-15-12-9-6-3)69-63(66)57-54-51-48-45-42-39-36-32-29-26-23-20-17-14-11-8-5-2/h16-17,19-20,22,25-26,28-29,31,33,35-36,39,45,48,60H,4-15,18,21,23-24,27,30,32,34,37-38,40-44,46-47,49-59H2,1-3H3/b19-16-,20-17-,25-22-,29-26-,31-28-,35-33-,39-36-,48-45-. The van der Waals surface area contributed by atoms with Crippen molar-refractivity contribution in [1.29, 1.82) is 0 Å². The van der Waals surface area contributed by atoms with Crippen molar-refractivity contribution in [2.75, 3.05) is 13.2 Å². The zero-order valence-corrected chi connectivity index (χ0v) is 45.0. The van der Waals surface area contributed by atoms with Gasteiger partial charge in [0.2, 0.25) is 0 Å². The lowest BCUT2D eigenvalue weighted by Crippen LogP contribution is -2.30. The van der Waals surface area contributed by atoms with Crippen molar-refractivity contribution in [2.45, 2.75) is 271 Å². The van der Waals surface area contributed by atoms with E-state index in [2.05, 4.69) is 118 Å². The third-order valence-electron chi connectivity index (χ3n) is 12.2. The number of carbonyl (C=O) groups excluding carboxylic acids is 3. The van der Waals surface area contributed by atoms with E-state index in [1.807, 2.05) is 0 Å². The van der Waals surface area contributed by atoms with Gasteiger partial charge in [0, 0.05) is 19.3 Å². The van der Waals surface area contributed by atoms with E-state index in [1.54, 1.807) is 0 Å². The molecule has 0 saturated carbocycles. The van der Waals surface area contributed by atoms with Gasteiger partial charge in [0.05, 0.1) is 0 Å². The number of allylic oxidation sites excluding steroid dienone is 16. The molecule has 1 atom stereocenters. The highest BCUT2D eigenvalue weighted by Crippen LogP contribution is 2.15. The molecule has 6 heteroatoms. The molecule has 0 aliphatic rings. The van der Waals surface area contributed by atoms with E-state index in [9.17, 15) is 14.4 Å². The van der Waals surface area contributed by atoms with Crippen LogP contribution in [0.5, 0.6) is 0 Å². The molecule has 1 unspecified atom stereocenters. The quantitative estimate of drug-likeness (QED) is 0.0199. The summed E-state index contributed by atoms with van der Waals surface area (Å²) in [6.07, 6.45) is 75.3. The highest BCUT2D eigenvalue weighted by molar-refractivity contribution is 5.71. The first-order chi connectivity index (χ1) is 34.0. The Bertz CT molecular complexity index is 1380. The lowest BCUT2D eigenvalue weighted by Gasteiger charge is -2.18. The first-order valence-corrected chi connectivity index (χ1v) is 28.8. The molecule has 0 aliphatic heterocycles. The van der Waals surface area contributed by atoms with Gasteiger partial charge >= 0.3 is 17.9 Å². The molecule has 0 aliphatic carbocycles. The molecule has 0 saturated heterocycles. The minimum atomic E-state index is -0.816. The average molecular weight is 960 g/mol. The normalized spacial score (nSPS) is 12.8. The van der Waals surface area contributed by atoms with Crippen molar-refractivity contribution >= 4 is 17.9 Å². The van der Waals surface area contributed by atoms with E-state index in [0.29, 0.717) is 19.3 Å². The fourth-order valence-electron chi connectivity index (χ4n) is 7.80. The Labute approximate surface area is 426 Å². The highest BCUT2D eigenvalue weighted by Gasteiger charge is 2.19. The van der Waals surface area contributed by atoms with Gasteiger partial charge in [0.25, 0.3) is 0 Å². The predicted octanol–water partition coefficient (Wildman–Crippen LogP) is 19.3. The maximum atomic E-state index is 12.8. The van der Waals surface area contributed by atoms with Crippen molar-refractivity contribution < 1.29 is 28.6 Å². The van der Waals surface area contributed by atoms with E-state index < -0.39 is 6.10 Å². The van der Waals surface area contributed by atoms with Crippen LogP contribution < -0.4 is 0 Å². The van der Waals surface area contributed by atoms with Gasteiger partial charge in [-0.3, -0.25) is 14.4 Å². The second-order valence-corrected chi connectivity index (χ2v) is 18.9. The lowest BCUT2D eigenvalue weighted by molar-refractivity contribution is -0.167. The van der Waals surface area contributed by atoms with Crippen LogP contribution in [0.2, 0.25) is 0 Å². The summed E-state index contributed by atoms with van der Waals surface area (Å²) in [5.41, 5.74) is 0. The number of esters is 3. The average Bonchev–Trinajstić information content (AvgIpc) is 3.35. The molecule has 0 bridgehead atoms. The summed E-state index contributed by atoms with van der Waals surface area (Å²) in [4.78, 5) is 38.1. The molecule has 0 rings (SSSR count). The number of hydrogen-bond acceptors (Lipinski definition) is 6. The summed E-state index contributed by atoms with van der Waals surface area (Å²) in [5, 5.41) is 0. The van der Waals surface area contributed by atoms with Crippen LogP contribution in [0.4, 0.5) is 0 Å². The third-order valence-corrected chi connectivity index (χ3v) is 12.2. The van der Waals surface area contributed by atoms with Crippen LogP contribution in [0.15, 0.2) is 97.2 Å². The van der Waals surface area contributed by atoms with Gasteiger partial charge in [-0.15, -0.1) is 0 Å². The minimum Gasteiger partial charge on any atom is -0.462 e. The van der Waals surface area contributed by atoms with E-state index in [0.717, 1.165) is 89.9 Å². The monoisotopic (exact) mass is 959 g/mol. The van der Waals surface area contributed by atoms with Crippen LogP contribution in [-0.4, -0.2) is 37.2 Å². The second kappa shape index (κ2) is 56.9. The molecule has 0 aromatic rings. The molecule has 394 valence electrons. The van der Waals surface area contributed by atoms with Crippen LogP contribution in [0.1, 0.15) is 265 Å². The van der Waals surface area contributed by atoms with Crippen molar-refractivity contribution in [1.82, 2.24) is 0 Å². The smallest absolute Gasteiger partial charge is 0.306 e. The SMILES string of the molecule is CCCCC\C=C/C=C\C=C/C=C\CCCCCCCC(=O)OCC(COC(=O)CCCCCCCCCCCCCCCCCC)OC(=O)CCC/C=C\C/C=C\C/C=C\C/C=C\CCCCC. The van der Waals surface area contributed by atoms with Crippen LogP contribution in [-0.2, 0) is 28.6 Å². The number of unbranched alkanes of at least 4 members (excludes halogenated alkanes) is 27. The second-order valence-electron chi connectivity index (χ2n) is 18.9. The van der Waals surface area contributed by atoms with E-state index >= 15 is 0 Å². The van der Waals surface area contributed by atoms with Gasteiger partial charge in [0.1, 0.15) is 13.2 Å². The summed E-state index contributed by atoms with van der Waals surface area (Å²) in [6, 6.07) is 0. The van der Waals surface area contributed by atoms with Gasteiger partial charge in [-0.25, -0.2) is 0 Å². The Kier molecular flexibility index (Phi) is 53.9. The first-order valence-electron chi connectivity index (χ1n) is 28.8. The maximum Gasteiger partial charge on any atom is 0.306 e. The fourth-order valence-corrected chi connectivity index (χ4v) is 7.80. The topological polar surface area (TPSA) is 78.9 Å². The lowest BCUT2D eigenvalue weighted by atomic mass is 10.0. The minimum absolute atomic E-state index is 0.106. The summed E-state index contributed by atoms with van der Waals surface area (Å²) in [6.45, 7) is 6.52. The molecule has 0 fully saturated rings. The van der Waals surface area contributed by atoms with Crippen LogP contribution in [0.25, 0.3) is 0 Å². The molecular formula is C63H106O6. The Hall–Kier alpha value is -3.67. The van der Waals surface area contributed by atoms with Crippen molar-refractivity contribution in [2.24, 2.45) is 0 Å². The molecule has 0 spiro atoms. The van der Waals surface area contributed by atoms with Crippen LogP contribution in [0.3, 0.4) is 0 Å². The summed E-state index contributed by atoms with van der Waals surface area (Å²) >= 11 is 0. The molecule has 0 N–H and O–H groups in total. The van der Waals surface area contributed by atoms with Gasteiger partial charge in [0.15, 0.2) is 6.10 Å². The van der Waals surface area contributed by atoms with Crippen LogP contribution >= 0.6 is 0 Å². The van der Waals surface area contributed by atoms with Crippen molar-refractivity contribution in [3.05, 3.63) is 97.2 Å². The number of carbonyl (C=O) groups is 3. The zero-order valence-electron chi connectivity index (χ0n) is 45.0. The molecular weight excluding hydrogens is 853 g/mol. The van der Waals surface area contributed by atoms with Crippen molar-refractivity contribution in [3.63, 3.8) is 0 Å². The first kappa shape index (κ1) is 65.3. The largest absolute Gasteiger partial charge is 0.462 e. The molecule has 0 heterocycles. The molecule has 0 aromatic carbocycles. The van der Waals surface area contributed by atoms with E-state index in [4.69, 9.17) is 14.2 Å². The van der Waals surface area contributed by atoms with E-state index in [1.165, 1.54) is 128 Å². The number of ether oxygens (including phenoxy) is 3. The maximum absolute atomic E-state index is 12.8. The van der Waals surface area contributed by atoms with Crippen molar-refractivity contribution in [3.8, 4) is 0 Å². The third kappa shape index (κ3) is 55.1. The zero-order chi connectivity index (χ0) is 50.0. The van der Waals surface area contributed by atoms with Gasteiger partial charge in [-0.1, -0.05) is 259 Å². The number of hydrogen-bond donors (Lipinski definition) is 0. The highest BCUT2D eigenvalue weighted by atomic mass is 16.6. The number of rotatable bonds is 51. The van der Waals surface area contributed by atoms with Gasteiger partial charge in [-0.05, 0) is 83.5 Å². The summed E-state index contributed by atoms with van der Waals surface area (Å²) in [7, 11) is 0. The van der Waals surface area contributed by atoms with E-state index in [-0.39, 0.29) is 37.5 Å².